The van der Waals surface area contributed by atoms with Gasteiger partial charge in [-0.15, -0.1) is 0 Å². The van der Waals surface area contributed by atoms with Crippen molar-refractivity contribution in [3.8, 4) is 0 Å². The van der Waals surface area contributed by atoms with Gasteiger partial charge in [-0.05, 0) is 39.5 Å². The standard InChI is InChI=1S/C15H22N4O2/c1-15(2,3)21-14(20)19-8-11-7-17-13(18-12(11)9-19)16-6-10-4-5-10/h7,10H,4-6,8-9H2,1-3H3,(H,16,17,18). The van der Waals surface area contributed by atoms with Gasteiger partial charge in [0.2, 0.25) is 5.95 Å². The maximum absolute atomic E-state index is 12.1. The molecule has 0 radical (unpaired) electrons. The lowest BCUT2D eigenvalue weighted by molar-refractivity contribution is 0.0240. The maximum Gasteiger partial charge on any atom is 0.410 e. The Morgan fingerprint density at radius 2 is 2.19 bits per heavy atom. The molecule has 1 aromatic heterocycles. The zero-order chi connectivity index (χ0) is 15.0. The third-order valence-electron chi connectivity index (χ3n) is 3.55. The van der Waals surface area contributed by atoms with Crippen molar-refractivity contribution in [3.05, 3.63) is 17.5 Å². The van der Waals surface area contributed by atoms with Crippen LogP contribution in [0.15, 0.2) is 6.20 Å². The van der Waals surface area contributed by atoms with E-state index in [1.807, 2.05) is 27.0 Å². The zero-order valence-electron chi connectivity index (χ0n) is 12.8. The minimum absolute atomic E-state index is 0.298. The second-order valence-corrected chi connectivity index (χ2v) is 6.83. The first-order valence-electron chi connectivity index (χ1n) is 7.47. The van der Waals surface area contributed by atoms with Gasteiger partial charge in [0, 0.05) is 18.3 Å². The van der Waals surface area contributed by atoms with Gasteiger partial charge in [0.25, 0.3) is 0 Å². The summed E-state index contributed by atoms with van der Waals surface area (Å²) < 4.78 is 5.39. The number of rotatable bonds is 3. The molecule has 6 heteroatoms. The van der Waals surface area contributed by atoms with E-state index in [1.165, 1.54) is 12.8 Å². The molecular formula is C15H22N4O2. The highest BCUT2D eigenvalue weighted by Gasteiger charge is 2.29. The number of nitrogens with one attached hydrogen (secondary N) is 1. The van der Waals surface area contributed by atoms with E-state index in [2.05, 4.69) is 15.3 Å². The van der Waals surface area contributed by atoms with Crippen molar-refractivity contribution in [2.45, 2.75) is 52.3 Å². The quantitative estimate of drug-likeness (QED) is 0.926. The summed E-state index contributed by atoms with van der Waals surface area (Å²) in [5.41, 5.74) is 1.43. The molecule has 1 amide bonds. The second kappa shape index (κ2) is 5.16. The molecule has 2 aliphatic rings. The van der Waals surface area contributed by atoms with Crippen LogP contribution in [0, 0.1) is 5.92 Å². The van der Waals surface area contributed by atoms with E-state index in [0.717, 1.165) is 23.7 Å². The van der Waals surface area contributed by atoms with Crippen LogP contribution >= 0.6 is 0 Å². The van der Waals surface area contributed by atoms with Gasteiger partial charge in [0.15, 0.2) is 0 Å². The Kier molecular flexibility index (Phi) is 3.47. The van der Waals surface area contributed by atoms with Crippen LogP contribution in [-0.4, -0.2) is 33.1 Å². The topological polar surface area (TPSA) is 67.3 Å². The molecule has 2 heterocycles. The molecule has 3 rings (SSSR count). The molecule has 114 valence electrons. The molecule has 1 aromatic rings. The molecule has 0 atom stereocenters. The monoisotopic (exact) mass is 290 g/mol. The highest BCUT2D eigenvalue weighted by molar-refractivity contribution is 5.69. The maximum atomic E-state index is 12.1. The molecule has 0 spiro atoms. The molecule has 1 fully saturated rings. The first-order chi connectivity index (χ1) is 9.90. The van der Waals surface area contributed by atoms with Gasteiger partial charge in [0.1, 0.15) is 5.60 Å². The number of hydrogen-bond donors (Lipinski definition) is 1. The largest absolute Gasteiger partial charge is 0.444 e. The summed E-state index contributed by atoms with van der Waals surface area (Å²) in [6.07, 6.45) is 4.10. The number of nitrogens with zero attached hydrogens (tertiary/aromatic N) is 3. The van der Waals surface area contributed by atoms with Crippen LogP contribution in [0.25, 0.3) is 0 Å². The smallest absolute Gasteiger partial charge is 0.410 e. The molecule has 1 N–H and O–H groups in total. The van der Waals surface area contributed by atoms with Crippen LogP contribution in [0.5, 0.6) is 0 Å². The van der Waals surface area contributed by atoms with Crippen LogP contribution in [0.2, 0.25) is 0 Å². The number of carbonyl (C=O) groups excluding carboxylic acids is 1. The van der Waals surface area contributed by atoms with Crippen LogP contribution in [0.4, 0.5) is 10.7 Å². The number of amides is 1. The number of carbonyl (C=O) groups is 1. The number of aromatic nitrogens is 2. The third-order valence-corrected chi connectivity index (χ3v) is 3.55. The minimum Gasteiger partial charge on any atom is -0.444 e. The van der Waals surface area contributed by atoms with Gasteiger partial charge in [0.05, 0.1) is 18.8 Å². The average molecular weight is 290 g/mol. The molecule has 1 saturated carbocycles. The van der Waals surface area contributed by atoms with E-state index in [1.54, 1.807) is 4.90 Å². The normalized spacial score (nSPS) is 17.6. The second-order valence-electron chi connectivity index (χ2n) is 6.83. The van der Waals surface area contributed by atoms with E-state index in [-0.39, 0.29) is 6.09 Å². The summed E-state index contributed by atoms with van der Waals surface area (Å²) in [7, 11) is 0. The van der Waals surface area contributed by atoms with Crippen LogP contribution < -0.4 is 5.32 Å². The number of fused-ring (bicyclic) bond motifs is 1. The molecule has 1 aliphatic heterocycles. The van der Waals surface area contributed by atoms with E-state index in [0.29, 0.717) is 19.0 Å². The van der Waals surface area contributed by atoms with Crippen molar-refractivity contribution in [1.82, 2.24) is 14.9 Å². The number of ether oxygens (including phenoxy) is 1. The van der Waals surface area contributed by atoms with Gasteiger partial charge in [-0.25, -0.2) is 14.8 Å². The third kappa shape index (κ3) is 3.62. The first kappa shape index (κ1) is 14.1. The molecule has 0 aromatic carbocycles. The van der Waals surface area contributed by atoms with Crippen LogP contribution in [-0.2, 0) is 17.8 Å². The Bertz CT molecular complexity index is 549. The van der Waals surface area contributed by atoms with E-state index >= 15 is 0 Å². The molecule has 21 heavy (non-hydrogen) atoms. The molecule has 6 nitrogen and oxygen atoms in total. The molecule has 0 bridgehead atoms. The van der Waals surface area contributed by atoms with Crippen LogP contribution in [0.1, 0.15) is 44.9 Å². The zero-order valence-corrected chi connectivity index (χ0v) is 12.8. The summed E-state index contributed by atoms with van der Waals surface area (Å²) in [6.45, 7) is 7.56. The number of anilines is 1. The Morgan fingerprint density at radius 3 is 2.86 bits per heavy atom. The van der Waals surface area contributed by atoms with E-state index < -0.39 is 5.60 Å². The summed E-state index contributed by atoms with van der Waals surface area (Å²) in [6, 6.07) is 0. The summed E-state index contributed by atoms with van der Waals surface area (Å²) in [5.74, 6) is 1.44. The average Bonchev–Trinajstić information content (AvgIpc) is 3.11. The Hall–Kier alpha value is -1.85. The lowest BCUT2D eigenvalue weighted by Gasteiger charge is -2.23. The SMILES string of the molecule is CC(C)(C)OC(=O)N1Cc2cnc(NCC3CC3)nc2C1. The molecule has 0 saturated heterocycles. The van der Waals surface area contributed by atoms with E-state index in [4.69, 9.17) is 4.74 Å². The first-order valence-corrected chi connectivity index (χ1v) is 7.47. The van der Waals surface area contributed by atoms with E-state index in [9.17, 15) is 4.79 Å². The van der Waals surface area contributed by atoms with Gasteiger partial charge in [-0.3, -0.25) is 4.90 Å². The predicted molar refractivity (Wildman–Crippen MR) is 78.7 cm³/mol. The van der Waals surface area contributed by atoms with Crippen molar-refractivity contribution >= 4 is 12.0 Å². The fourth-order valence-electron chi connectivity index (χ4n) is 2.25. The molecule has 0 unspecified atom stereocenters. The molecule has 1 aliphatic carbocycles. The Labute approximate surface area is 124 Å². The highest BCUT2D eigenvalue weighted by Crippen LogP contribution is 2.29. The van der Waals surface area contributed by atoms with Crippen molar-refractivity contribution < 1.29 is 9.53 Å². The van der Waals surface area contributed by atoms with Gasteiger partial charge < -0.3 is 10.1 Å². The van der Waals surface area contributed by atoms with Crippen LogP contribution in [0.3, 0.4) is 0 Å². The van der Waals surface area contributed by atoms with Crippen molar-refractivity contribution in [1.29, 1.82) is 0 Å². The van der Waals surface area contributed by atoms with Crippen molar-refractivity contribution in [2.24, 2.45) is 5.92 Å². The highest BCUT2D eigenvalue weighted by atomic mass is 16.6. The van der Waals surface area contributed by atoms with Gasteiger partial charge in [-0.2, -0.15) is 0 Å². The lowest BCUT2D eigenvalue weighted by atomic mass is 10.2. The van der Waals surface area contributed by atoms with Gasteiger partial charge >= 0.3 is 6.09 Å². The molecular weight excluding hydrogens is 268 g/mol. The lowest BCUT2D eigenvalue weighted by Crippen LogP contribution is -2.33. The minimum atomic E-state index is -0.478. The summed E-state index contributed by atoms with van der Waals surface area (Å²) in [4.78, 5) is 22.6. The Morgan fingerprint density at radius 1 is 1.43 bits per heavy atom. The Balaban J connectivity index is 1.62. The van der Waals surface area contributed by atoms with Crippen molar-refractivity contribution in [2.75, 3.05) is 11.9 Å². The summed E-state index contributed by atoms with van der Waals surface area (Å²) in [5, 5.41) is 3.26. The van der Waals surface area contributed by atoms with Crippen molar-refractivity contribution in [3.63, 3.8) is 0 Å². The number of hydrogen-bond acceptors (Lipinski definition) is 5. The fourth-order valence-corrected chi connectivity index (χ4v) is 2.25. The summed E-state index contributed by atoms with van der Waals surface area (Å²) >= 11 is 0. The van der Waals surface area contributed by atoms with Gasteiger partial charge in [-0.1, -0.05) is 0 Å². The predicted octanol–water partition coefficient (Wildman–Crippen LogP) is 2.55. The fraction of sp³-hybridized carbons (Fsp3) is 0.667.